The molecule has 0 unspecified atom stereocenters. The Morgan fingerprint density at radius 3 is 2.50 bits per heavy atom. The first kappa shape index (κ1) is 22.5. The molecule has 0 N–H and O–H groups in total. The van der Waals surface area contributed by atoms with Gasteiger partial charge in [-0.05, 0) is 54.1 Å². The molecule has 0 aliphatic carbocycles. The van der Waals surface area contributed by atoms with Crippen LogP contribution in [0.5, 0.6) is 11.5 Å². The first-order valence-electron chi connectivity index (χ1n) is 9.43. The number of benzene rings is 2. The fourth-order valence-electron chi connectivity index (χ4n) is 2.85. The van der Waals surface area contributed by atoms with Crippen molar-refractivity contribution < 1.29 is 19.1 Å². The third-order valence-electron chi connectivity index (χ3n) is 4.49. The Morgan fingerprint density at radius 1 is 1.10 bits per heavy atom. The zero-order chi connectivity index (χ0) is 21.7. The molecule has 3 rings (SSSR count). The van der Waals surface area contributed by atoms with Crippen LogP contribution in [0.3, 0.4) is 0 Å². The van der Waals surface area contributed by atoms with Crippen molar-refractivity contribution in [1.82, 2.24) is 4.90 Å². The van der Waals surface area contributed by atoms with E-state index in [-0.39, 0.29) is 17.7 Å². The Morgan fingerprint density at radius 2 is 1.83 bits per heavy atom. The van der Waals surface area contributed by atoms with Gasteiger partial charge in [-0.3, -0.25) is 14.5 Å². The van der Waals surface area contributed by atoms with E-state index in [0.717, 1.165) is 35.1 Å². The molecule has 1 fully saturated rings. The number of imide groups is 1. The van der Waals surface area contributed by atoms with E-state index in [9.17, 15) is 9.59 Å². The average Bonchev–Trinajstić information content (AvgIpc) is 2.98. The third-order valence-corrected chi connectivity index (χ3v) is 6.11. The average molecular weight is 466 g/mol. The van der Waals surface area contributed by atoms with Gasteiger partial charge in [0.05, 0.1) is 25.2 Å². The highest BCUT2D eigenvalue weighted by molar-refractivity contribution is 8.18. The highest BCUT2D eigenvalue weighted by Gasteiger charge is 2.35. The Hall–Kier alpha value is -2.15. The number of ether oxygens (including phenoxy) is 2. The van der Waals surface area contributed by atoms with Gasteiger partial charge in [-0.1, -0.05) is 48.7 Å². The third kappa shape index (κ3) is 5.12. The molecule has 30 heavy (non-hydrogen) atoms. The predicted molar refractivity (Wildman–Crippen MR) is 121 cm³/mol. The van der Waals surface area contributed by atoms with Crippen molar-refractivity contribution in [2.75, 3.05) is 13.7 Å². The summed E-state index contributed by atoms with van der Waals surface area (Å²) in [7, 11) is 1.56. The minimum atomic E-state index is -0.386. The molecule has 0 atom stereocenters. The Balaban J connectivity index is 1.79. The summed E-state index contributed by atoms with van der Waals surface area (Å²) in [6.45, 7) is 2.72. The standard InChI is InChI=1S/C22H21Cl2NO4S/c1-3-4-10-29-18-9-8-14(11-19(18)28-2)12-20-21(26)25(22(27)30-20)13-15-16(23)6-5-7-17(15)24/h5-9,11-12H,3-4,10,13H2,1-2H3/b20-12+. The maximum absolute atomic E-state index is 12.8. The maximum atomic E-state index is 12.8. The Bertz CT molecular complexity index is 973. The second kappa shape index (κ2) is 10.2. The van der Waals surface area contributed by atoms with Crippen LogP contribution in [0.15, 0.2) is 41.3 Å². The molecule has 0 spiro atoms. The van der Waals surface area contributed by atoms with Gasteiger partial charge in [0.2, 0.25) is 0 Å². The van der Waals surface area contributed by atoms with Gasteiger partial charge in [0.15, 0.2) is 11.5 Å². The van der Waals surface area contributed by atoms with Crippen LogP contribution in [0.2, 0.25) is 10.0 Å². The van der Waals surface area contributed by atoms with Crippen LogP contribution >= 0.6 is 35.0 Å². The summed E-state index contributed by atoms with van der Waals surface area (Å²) in [5.74, 6) is 0.828. The molecule has 0 radical (unpaired) electrons. The van der Waals surface area contributed by atoms with Crippen LogP contribution < -0.4 is 9.47 Å². The number of halogens is 2. The number of thioether (sulfide) groups is 1. The molecule has 1 heterocycles. The molecule has 2 amide bonds. The van der Waals surface area contributed by atoms with Crippen molar-refractivity contribution in [1.29, 1.82) is 0 Å². The summed E-state index contributed by atoms with van der Waals surface area (Å²) in [6, 6.07) is 10.5. The molecule has 1 aliphatic rings. The van der Waals surface area contributed by atoms with Gasteiger partial charge in [-0.15, -0.1) is 0 Å². The lowest BCUT2D eigenvalue weighted by atomic mass is 10.1. The smallest absolute Gasteiger partial charge is 0.293 e. The van der Waals surface area contributed by atoms with Crippen LogP contribution in [0.4, 0.5) is 4.79 Å². The normalized spacial score (nSPS) is 15.2. The molecule has 158 valence electrons. The van der Waals surface area contributed by atoms with Gasteiger partial charge < -0.3 is 9.47 Å². The fraction of sp³-hybridized carbons (Fsp3) is 0.273. The minimum Gasteiger partial charge on any atom is -0.493 e. The summed E-state index contributed by atoms with van der Waals surface area (Å²) < 4.78 is 11.1. The van der Waals surface area contributed by atoms with Crippen molar-refractivity contribution in [3.8, 4) is 11.5 Å². The summed E-state index contributed by atoms with van der Waals surface area (Å²) in [4.78, 5) is 26.7. The van der Waals surface area contributed by atoms with Gasteiger partial charge in [0.1, 0.15) is 0 Å². The summed E-state index contributed by atoms with van der Waals surface area (Å²) >= 11 is 13.2. The van der Waals surface area contributed by atoms with Gasteiger partial charge >= 0.3 is 0 Å². The van der Waals surface area contributed by atoms with E-state index >= 15 is 0 Å². The highest BCUT2D eigenvalue weighted by atomic mass is 35.5. The lowest BCUT2D eigenvalue weighted by Gasteiger charge is -2.14. The zero-order valence-corrected chi connectivity index (χ0v) is 18.9. The number of methoxy groups -OCH3 is 1. The minimum absolute atomic E-state index is 0.0219. The Kier molecular flexibility index (Phi) is 7.69. The molecule has 1 saturated heterocycles. The molecular weight excluding hydrogens is 445 g/mol. The van der Waals surface area contributed by atoms with E-state index in [4.69, 9.17) is 32.7 Å². The molecular formula is C22H21Cl2NO4S. The van der Waals surface area contributed by atoms with Crippen LogP contribution in [-0.2, 0) is 11.3 Å². The molecule has 0 saturated carbocycles. The van der Waals surface area contributed by atoms with Crippen LogP contribution in [-0.4, -0.2) is 29.8 Å². The monoisotopic (exact) mass is 465 g/mol. The van der Waals surface area contributed by atoms with Gasteiger partial charge in [0.25, 0.3) is 11.1 Å². The molecule has 1 aliphatic heterocycles. The second-order valence-electron chi connectivity index (χ2n) is 6.58. The number of carbonyl (C=O) groups is 2. The van der Waals surface area contributed by atoms with Crippen molar-refractivity contribution in [3.05, 3.63) is 62.5 Å². The van der Waals surface area contributed by atoms with Crippen LogP contribution in [0.1, 0.15) is 30.9 Å². The van der Waals surface area contributed by atoms with E-state index in [1.807, 2.05) is 6.07 Å². The number of rotatable bonds is 8. The second-order valence-corrected chi connectivity index (χ2v) is 8.39. The quantitative estimate of drug-likeness (QED) is 0.332. The first-order valence-corrected chi connectivity index (χ1v) is 11.0. The lowest BCUT2D eigenvalue weighted by molar-refractivity contribution is -0.123. The Labute approximate surface area is 189 Å². The van der Waals surface area contributed by atoms with Gasteiger partial charge in [-0.25, -0.2) is 0 Å². The van der Waals surface area contributed by atoms with Crippen LogP contribution in [0.25, 0.3) is 6.08 Å². The number of amides is 2. The highest BCUT2D eigenvalue weighted by Crippen LogP contribution is 2.37. The summed E-state index contributed by atoms with van der Waals surface area (Å²) in [6.07, 6.45) is 3.65. The summed E-state index contributed by atoms with van der Waals surface area (Å²) in [5.41, 5.74) is 1.27. The SMILES string of the molecule is CCCCOc1ccc(/C=C2/SC(=O)N(Cc3c(Cl)cccc3Cl)C2=O)cc1OC. The maximum Gasteiger partial charge on any atom is 0.293 e. The van der Waals surface area contributed by atoms with Crippen molar-refractivity contribution in [2.45, 2.75) is 26.3 Å². The molecule has 5 nitrogen and oxygen atoms in total. The molecule has 8 heteroatoms. The van der Waals surface area contributed by atoms with E-state index in [0.29, 0.717) is 38.6 Å². The van der Waals surface area contributed by atoms with E-state index in [2.05, 4.69) is 6.92 Å². The molecule has 2 aromatic rings. The first-order chi connectivity index (χ1) is 14.4. The predicted octanol–water partition coefficient (Wildman–Crippen LogP) is 6.42. The van der Waals surface area contributed by atoms with Gasteiger partial charge in [-0.2, -0.15) is 0 Å². The van der Waals surface area contributed by atoms with Crippen molar-refractivity contribution >= 4 is 52.2 Å². The number of unbranched alkanes of at least 4 members (excludes halogenated alkanes) is 1. The molecule has 2 aromatic carbocycles. The number of nitrogens with zero attached hydrogens (tertiary/aromatic N) is 1. The number of hydrogen-bond donors (Lipinski definition) is 0. The van der Waals surface area contributed by atoms with E-state index in [1.54, 1.807) is 43.5 Å². The van der Waals surface area contributed by atoms with Gasteiger partial charge in [0, 0.05) is 15.6 Å². The van der Waals surface area contributed by atoms with Crippen LogP contribution in [0, 0.1) is 0 Å². The topological polar surface area (TPSA) is 55.8 Å². The largest absolute Gasteiger partial charge is 0.493 e. The fourth-order valence-corrected chi connectivity index (χ4v) is 4.20. The zero-order valence-electron chi connectivity index (χ0n) is 16.6. The van der Waals surface area contributed by atoms with Crippen molar-refractivity contribution in [3.63, 3.8) is 0 Å². The molecule has 0 aromatic heterocycles. The lowest BCUT2D eigenvalue weighted by Crippen LogP contribution is -2.27. The molecule has 0 bridgehead atoms. The number of carbonyl (C=O) groups excluding carboxylic acids is 2. The summed E-state index contributed by atoms with van der Waals surface area (Å²) in [5, 5.41) is 0.455. The van der Waals surface area contributed by atoms with Crippen molar-refractivity contribution in [2.24, 2.45) is 0 Å². The van der Waals surface area contributed by atoms with E-state index < -0.39 is 0 Å². The number of hydrogen-bond acceptors (Lipinski definition) is 5. The van der Waals surface area contributed by atoms with E-state index in [1.165, 1.54) is 0 Å².